The van der Waals surface area contributed by atoms with E-state index in [4.69, 9.17) is 4.74 Å². The minimum atomic E-state index is -0.191. The smallest absolute Gasteiger partial charge is 0.409 e. The zero-order valence-corrected chi connectivity index (χ0v) is 18.2. The number of likely N-dealkylation sites (tertiary alicyclic amines) is 1. The molecule has 0 aromatic heterocycles. The molecule has 0 bridgehead atoms. The third kappa shape index (κ3) is 4.22. The van der Waals surface area contributed by atoms with Gasteiger partial charge >= 0.3 is 6.09 Å². The lowest BCUT2D eigenvalue weighted by atomic mass is 9.91. The van der Waals surface area contributed by atoms with Crippen LogP contribution >= 0.6 is 0 Å². The summed E-state index contributed by atoms with van der Waals surface area (Å²) in [4.78, 5) is 14.6. The number of aryl methyl sites for hydroxylation is 1. The highest BCUT2D eigenvalue weighted by Crippen LogP contribution is 2.44. The first-order valence-electron chi connectivity index (χ1n) is 11.6. The van der Waals surface area contributed by atoms with Gasteiger partial charge < -0.3 is 14.7 Å². The Morgan fingerprint density at radius 2 is 1.47 bits per heavy atom. The second-order valence-electron chi connectivity index (χ2n) is 8.94. The molecule has 3 aromatic carbocycles. The molecule has 0 atom stereocenters. The summed E-state index contributed by atoms with van der Waals surface area (Å²) >= 11 is 0. The first kappa shape index (κ1) is 20.6. The number of fused-ring (bicyclic) bond motifs is 3. The normalized spacial score (nSPS) is 15.9. The van der Waals surface area contributed by atoms with E-state index in [0.29, 0.717) is 18.3 Å². The first-order valence-corrected chi connectivity index (χ1v) is 11.6. The molecule has 1 heterocycles. The quantitative estimate of drug-likeness (QED) is 0.544. The number of hydrogen-bond acceptors (Lipinski definition) is 3. The molecule has 1 aliphatic carbocycles. The zero-order chi connectivity index (χ0) is 21.9. The molecule has 1 saturated heterocycles. The highest BCUT2D eigenvalue weighted by atomic mass is 16.6. The van der Waals surface area contributed by atoms with Gasteiger partial charge in [-0.3, -0.25) is 0 Å². The Labute approximate surface area is 189 Å². The van der Waals surface area contributed by atoms with Crippen molar-refractivity contribution in [3.8, 4) is 16.9 Å². The number of piperidine rings is 1. The van der Waals surface area contributed by atoms with Crippen molar-refractivity contribution in [1.82, 2.24) is 4.90 Å². The monoisotopic (exact) mass is 427 g/mol. The van der Waals surface area contributed by atoms with Crippen LogP contribution in [0.1, 0.15) is 41.9 Å². The molecule has 2 aliphatic rings. The molecule has 1 N–H and O–H groups in total. The van der Waals surface area contributed by atoms with Crippen LogP contribution in [0.5, 0.6) is 5.75 Å². The average Bonchev–Trinajstić information content (AvgIpc) is 3.16. The summed E-state index contributed by atoms with van der Waals surface area (Å²) in [6.07, 6.45) is 3.97. The molecule has 4 heteroatoms. The average molecular weight is 428 g/mol. The number of aromatic hydroxyl groups is 1. The molecule has 0 saturated carbocycles. The van der Waals surface area contributed by atoms with Gasteiger partial charge in [0.25, 0.3) is 0 Å². The molecular weight excluding hydrogens is 398 g/mol. The molecule has 0 spiro atoms. The van der Waals surface area contributed by atoms with Crippen LogP contribution < -0.4 is 0 Å². The highest BCUT2D eigenvalue weighted by molar-refractivity contribution is 5.79. The van der Waals surface area contributed by atoms with Crippen LogP contribution in [0.3, 0.4) is 0 Å². The van der Waals surface area contributed by atoms with Gasteiger partial charge in [0.05, 0.1) is 0 Å². The maximum atomic E-state index is 12.8. The zero-order valence-electron chi connectivity index (χ0n) is 18.2. The van der Waals surface area contributed by atoms with Gasteiger partial charge in [-0.2, -0.15) is 0 Å². The Hall–Kier alpha value is -3.27. The molecule has 3 aromatic rings. The maximum absolute atomic E-state index is 12.8. The van der Waals surface area contributed by atoms with Crippen LogP contribution in [0.15, 0.2) is 72.8 Å². The first-order chi connectivity index (χ1) is 15.7. The largest absolute Gasteiger partial charge is 0.508 e. The lowest BCUT2D eigenvalue weighted by molar-refractivity contribution is 0.0848. The summed E-state index contributed by atoms with van der Waals surface area (Å²) < 4.78 is 5.82. The van der Waals surface area contributed by atoms with E-state index in [0.717, 1.165) is 38.8 Å². The second kappa shape index (κ2) is 9.07. The van der Waals surface area contributed by atoms with E-state index < -0.39 is 0 Å². The Morgan fingerprint density at radius 1 is 0.875 bits per heavy atom. The van der Waals surface area contributed by atoms with E-state index >= 15 is 0 Å². The van der Waals surface area contributed by atoms with Crippen molar-refractivity contribution in [1.29, 1.82) is 0 Å². The summed E-state index contributed by atoms with van der Waals surface area (Å²) in [6, 6.07) is 24.3. The molecule has 0 radical (unpaired) electrons. The number of carbonyl (C=O) groups excluding carboxylic acids is 1. The van der Waals surface area contributed by atoms with Crippen LogP contribution in [-0.4, -0.2) is 35.8 Å². The predicted octanol–water partition coefficient (Wildman–Crippen LogP) is 5.99. The number of nitrogens with zero attached hydrogens (tertiary/aromatic N) is 1. The van der Waals surface area contributed by atoms with Gasteiger partial charge in [0.1, 0.15) is 12.4 Å². The fraction of sp³-hybridized carbons (Fsp3) is 0.321. The SMILES string of the molecule is O=C(OCC1c2ccccc2-c2ccccc21)N1CCC(CCc2ccc(O)cc2)CC1. The molecule has 0 unspecified atom stereocenters. The minimum absolute atomic E-state index is 0.106. The Kier molecular flexibility index (Phi) is 5.85. The number of ether oxygens (including phenoxy) is 1. The summed E-state index contributed by atoms with van der Waals surface area (Å²) in [7, 11) is 0. The molecule has 32 heavy (non-hydrogen) atoms. The van der Waals surface area contributed by atoms with Crippen LogP contribution in [0.4, 0.5) is 4.79 Å². The fourth-order valence-electron chi connectivity index (χ4n) is 5.12. The van der Waals surface area contributed by atoms with Crippen molar-refractivity contribution in [2.75, 3.05) is 19.7 Å². The second-order valence-corrected chi connectivity index (χ2v) is 8.94. The third-order valence-electron chi connectivity index (χ3n) is 6.99. The van der Waals surface area contributed by atoms with Crippen LogP contribution in [-0.2, 0) is 11.2 Å². The van der Waals surface area contributed by atoms with Crippen molar-refractivity contribution < 1.29 is 14.6 Å². The molecule has 1 fully saturated rings. The Bertz CT molecular complexity index is 1040. The summed E-state index contributed by atoms with van der Waals surface area (Å²) in [5, 5.41) is 9.42. The van der Waals surface area contributed by atoms with Gasteiger partial charge in [-0.1, -0.05) is 60.7 Å². The molecule has 1 amide bonds. The lowest BCUT2D eigenvalue weighted by Gasteiger charge is -2.31. The van der Waals surface area contributed by atoms with E-state index in [-0.39, 0.29) is 12.0 Å². The van der Waals surface area contributed by atoms with Crippen LogP contribution in [0.2, 0.25) is 0 Å². The van der Waals surface area contributed by atoms with Crippen LogP contribution in [0, 0.1) is 5.92 Å². The maximum Gasteiger partial charge on any atom is 0.409 e. The van der Waals surface area contributed by atoms with Gasteiger partial charge in [-0.25, -0.2) is 4.79 Å². The van der Waals surface area contributed by atoms with Crippen LogP contribution in [0.25, 0.3) is 11.1 Å². The number of benzene rings is 3. The van der Waals surface area contributed by atoms with Crippen molar-refractivity contribution in [3.05, 3.63) is 89.5 Å². The van der Waals surface area contributed by atoms with Crippen molar-refractivity contribution >= 4 is 6.09 Å². The van der Waals surface area contributed by atoms with Gasteiger partial charge in [-0.05, 0) is 71.6 Å². The Balaban J connectivity index is 1.13. The van der Waals surface area contributed by atoms with E-state index in [1.165, 1.54) is 27.8 Å². The van der Waals surface area contributed by atoms with Gasteiger partial charge in [0.2, 0.25) is 0 Å². The number of phenolic OH excluding ortho intramolecular Hbond substituents is 1. The van der Waals surface area contributed by atoms with E-state index in [1.54, 1.807) is 12.1 Å². The van der Waals surface area contributed by atoms with E-state index in [2.05, 4.69) is 48.5 Å². The van der Waals surface area contributed by atoms with Gasteiger partial charge in [-0.15, -0.1) is 0 Å². The Morgan fingerprint density at radius 3 is 2.09 bits per heavy atom. The molecule has 5 rings (SSSR count). The topological polar surface area (TPSA) is 49.8 Å². The van der Waals surface area contributed by atoms with Gasteiger partial charge in [0.15, 0.2) is 0 Å². The molecule has 1 aliphatic heterocycles. The molecule has 4 nitrogen and oxygen atoms in total. The molecule has 164 valence electrons. The lowest BCUT2D eigenvalue weighted by Crippen LogP contribution is -2.39. The third-order valence-corrected chi connectivity index (χ3v) is 6.99. The van der Waals surface area contributed by atoms with E-state index in [1.807, 2.05) is 17.0 Å². The highest BCUT2D eigenvalue weighted by Gasteiger charge is 2.30. The summed E-state index contributed by atoms with van der Waals surface area (Å²) in [5.74, 6) is 1.04. The number of amides is 1. The number of carbonyl (C=O) groups is 1. The number of rotatable bonds is 5. The summed E-state index contributed by atoms with van der Waals surface area (Å²) in [5.41, 5.74) is 6.24. The standard InChI is InChI=1S/C28H29NO3/c30-22-13-11-20(12-14-22)9-10-21-15-17-29(18-16-21)28(31)32-19-27-25-7-3-1-5-23(25)24-6-2-4-8-26(24)27/h1-8,11-14,21,27,30H,9-10,15-19H2. The number of hydrogen-bond donors (Lipinski definition) is 1. The molecular formula is C28H29NO3. The van der Waals surface area contributed by atoms with Crippen molar-refractivity contribution in [3.63, 3.8) is 0 Å². The van der Waals surface area contributed by atoms with E-state index in [9.17, 15) is 9.90 Å². The predicted molar refractivity (Wildman–Crippen MR) is 126 cm³/mol. The fourth-order valence-corrected chi connectivity index (χ4v) is 5.12. The van der Waals surface area contributed by atoms with Crippen molar-refractivity contribution in [2.45, 2.75) is 31.6 Å². The van der Waals surface area contributed by atoms with Crippen molar-refractivity contribution in [2.24, 2.45) is 5.92 Å². The minimum Gasteiger partial charge on any atom is -0.508 e. The number of phenols is 1. The summed E-state index contributed by atoms with van der Waals surface area (Å²) in [6.45, 7) is 1.90. The van der Waals surface area contributed by atoms with Gasteiger partial charge in [0, 0.05) is 19.0 Å².